The number of sulfonamides is 1. The summed E-state index contributed by atoms with van der Waals surface area (Å²) < 4.78 is 67.0. The number of nitrogens with zero attached hydrogens (tertiary/aromatic N) is 4. The molecule has 12 heteroatoms. The molecule has 0 radical (unpaired) electrons. The van der Waals surface area contributed by atoms with Crippen LogP contribution in [0.2, 0.25) is 0 Å². The number of pyridine rings is 1. The summed E-state index contributed by atoms with van der Waals surface area (Å²) in [7, 11) is -3.73. The van der Waals surface area contributed by atoms with Crippen LogP contribution in [0.1, 0.15) is 18.4 Å². The molecule has 2 saturated heterocycles. The highest BCUT2D eigenvalue weighted by atomic mass is 32.2. The van der Waals surface area contributed by atoms with Crippen molar-refractivity contribution in [2.75, 3.05) is 44.2 Å². The fourth-order valence-corrected chi connectivity index (χ4v) is 5.74. The van der Waals surface area contributed by atoms with E-state index in [1.807, 2.05) is 0 Å². The quantitative estimate of drug-likeness (QED) is 0.630. The number of benzene rings is 1. The monoisotopic (exact) mass is 498 g/mol. The van der Waals surface area contributed by atoms with E-state index in [0.717, 1.165) is 35.6 Å². The van der Waals surface area contributed by atoms with Gasteiger partial charge in [-0.15, -0.1) is 0 Å². The van der Waals surface area contributed by atoms with Gasteiger partial charge in [-0.2, -0.15) is 17.5 Å². The molecular weight excluding hydrogens is 473 g/mol. The minimum atomic E-state index is -4.43. The minimum Gasteiger partial charge on any atom is -0.368 e. The molecule has 1 aromatic heterocycles. The highest BCUT2D eigenvalue weighted by Gasteiger charge is 2.31. The zero-order chi connectivity index (χ0) is 24.5. The van der Waals surface area contributed by atoms with E-state index in [0.29, 0.717) is 31.9 Å². The lowest BCUT2D eigenvalue weighted by molar-refractivity contribution is -0.137. The first kappa shape index (κ1) is 24.3. The fourth-order valence-electron chi connectivity index (χ4n) is 4.20. The molecule has 0 atom stereocenters. The van der Waals surface area contributed by atoms with Gasteiger partial charge in [0.25, 0.3) is 5.56 Å². The van der Waals surface area contributed by atoms with Crippen molar-refractivity contribution in [1.29, 1.82) is 0 Å². The number of carbonyl (C=O) groups excluding carboxylic acids is 1. The van der Waals surface area contributed by atoms with Gasteiger partial charge in [0.15, 0.2) is 0 Å². The molecule has 0 bridgehead atoms. The molecule has 1 amide bonds. The van der Waals surface area contributed by atoms with Crippen LogP contribution in [0.25, 0.3) is 0 Å². The summed E-state index contributed by atoms with van der Waals surface area (Å²) in [4.78, 5) is 28.3. The molecule has 184 valence electrons. The molecule has 0 saturated carbocycles. The van der Waals surface area contributed by atoms with Gasteiger partial charge >= 0.3 is 6.18 Å². The first-order valence-electron chi connectivity index (χ1n) is 11.0. The summed E-state index contributed by atoms with van der Waals surface area (Å²) in [5.41, 5.74) is -0.791. The van der Waals surface area contributed by atoms with Crippen LogP contribution in [0.5, 0.6) is 0 Å². The van der Waals surface area contributed by atoms with E-state index in [9.17, 15) is 31.2 Å². The third-order valence-electron chi connectivity index (χ3n) is 6.14. The molecule has 0 N–H and O–H groups in total. The Balaban J connectivity index is 1.41. The van der Waals surface area contributed by atoms with E-state index in [1.165, 1.54) is 27.5 Å². The number of alkyl halides is 3. The second kappa shape index (κ2) is 9.41. The average Bonchev–Trinajstić information content (AvgIpc) is 3.36. The van der Waals surface area contributed by atoms with Crippen LogP contribution in [-0.4, -0.2) is 67.4 Å². The second-order valence-electron chi connectivity index (χ2n) is 8.36. The lowest BCUT2D eigenvalue weighted by Gasteiger charge is -2.36. The number of hydrogen-bond donors (Lipinski definition) is 0. The van der Waals surface area contributed by atoms with Crippen LogP contribution >= 0.6 is 0 Å². The molecule has 8 nitrogen and oxygen atoms in total. The smallest absolute Gasteiger partial charge is 0.368 e. The predicted octanol–water partition coefficient (Wildman–Crippen LogP) is 2.00. The maximum Gasteiger partial charge on any atom is 0.416 e. The number of carbonyl (C=O) groups is 1. The van der Waals surface area contributed by atoms with Crippen LogP contribution in [0, 0.1) is 0 Å². The zero-order valence-electron chi connectivity index (χ0n) is 18.4. The van der Waals surface area contributed by atoms with Crippen molar-refractivity contribution >= 4 is 21.6 Å². The van der Waals surface area contributed by atoms with E-state index >= 15 is 0 Å². The van der Waals surface area contributed by atoms with Gasteiger partial charge in [0.1, 0.15) is 6.54 Å². The second-order valence-corrected chi connectivity index (χ2v) is 10.3. The third-order valence-corrected chi connectivity index (χ3v) is 8.02. The average molecular weight is 499 g/mol. The summed E-state index contributed by atoms with van der Waals surface area (Å²) in [6.07, 6.45) is -1.67. The molecular formula is C22H25F3N4O4S. The minimum absolute atomic E-state index is 0.0313. The van der Waals surface area contributed by atoms with E-state index in [4.69, 9.17) is 0 Å². The van der Waals surface area contributed by atoms with Crippen LogP contribution in [-0.2, 0) is 27.5 Å². The maximum atomic E-state index is 13.0. The summed E-state index contributed by atoms with van der Waals surface area (Å²) in [6.45, 7) is 1.76. The van der Waals surface area contributed by atoms with E-state index < -0.39 is 27.3 Å². The molecule has 0 spiro atoms. The Morgan fingerprint density at radius 1 is 0.941 bits per heavy atom. The number of amides is 1. The largest absolute Gasteiger partial charge is 0.416 e. The standard InChI is InChI=1S/C22H25F3N4O4S/c23-22(24,25)17-4-3-5-18(14-17)26-10-12-27(13-11-26)21(31)16-28-15-19(6-7-20(28)30)34(32,33)29-8-1-2-9-29/h3-7,14-15H,1-2,8-13,16H2. The molecule has 0 unspecified atom stereocenters. The Labute approximate surface area is 195 Å². The van der Waals surface area contributed by atoms with Gasteiger partial charge in [-0.05, 0) is 37.1 Å². The highest BCUT2D eigenvalue weighted by Crippen LogP contribution is 2.32. The van der Waals surface area contributed by atoms with Crippen molar-refractivity contribution in [3.8, 4) is 0 Å². The Morgan fingerprint density at radius 2 is 1.62 bits per heavy atom. The summed E-state index contributed by atoms with van der Waals surface area (Å²) >= 11 is 0. The fraction of sp³-hybridized carbons (Fsp3) is 0.455. The first-order valence-corrected chi connectivity index (χ1v) is 12.4. The van der Waals surface area contributed by atoms with Gasteiger partial charge in [-0.25, -0.2) is 8.42 Å². The number of hydrogen-bond acceptors (Lipinski definition) is 5. The van der Waals surface area contributed by atoms with Crippen molar-refractivity contribution in [2.45, 2.75) is 30.5 Å². The Morgan fingerprint density at radius 3 is 2.26 bits per heavy atom. The number of halogens is 3. The summed E-state index contributed by atoms with van der Waals surface area (Å²) in [6, 6.07) is 7.44. The predicted molar refractivity (Wildman–Crippen MR) is 119 cm³/mol. The van der Waals surface area contributed by atoms with E-state index in [1.54, 1.807) is 11.0 Å². The number of anilines is 1. The van der Waals surface area contributed by atoms with E-state index in [2.05, 4.69) is 0 Å². The Kier molecular flexibility index (Phi) is 6.72. The third kappa shape index (κ3) is 5.12. The van der Waals surface area contributed by atoms with Gasteiger partial charge in [-0.3, -0.25) is 9.59 Å². The van der Waals surface area contributed by atoms with Crippen LogP contribution in [0.4, 0.5) is 18.9 Å². The normalized spacial score (nSPS) is 17.9. The van der Waals surface area contributed by atoms with Gasteiger partial charge in [0.05, 0.1) is 10.5 Å². The van der Waals surface area contributed by atoms with Crippen LogP contribution < -0.4 is 10.5 Å². The Bertz CT molecular complexity index is 1220. The molecule has 2 aliphatic heterocycles. The lowest BCUT2D eigenvalue weighted by atomic mass is 10.1. The molecule has 0 aliphatic carbocycles. The number of rotatable bonds is 5. The van der Waals surface area contributed by atoms with Gasteiger partial charge in [0.2, 0.25) is 15.9 Å². The lowest BCUT2D eigenvalue weighted by Crippen LogP contribution is -2.50. The van der Waals surface area contributed by atoms with Gasteiger partial charge in [0, 0.05) is 57.2 Å². The van der Waals surface area contributed by atoms with Crippen molar-refractivity contribution in [1.82, 2.24) is 13.8 Å². The van der Waals surface area contributed by atoms with Crippen LogP contribution in [0.15, 0.2) is 52.3 Å². The number of piperazine rings is 1. The van der Waals surface area contributed by atoms with Crippen molar-refractivity contribution in [2.24, 2.45) is 0 Å². The topological polar surface area (TPSA) is 82.9 Å². The SMILES string of the molecule is O=C(Cn1cc(S(=O)(=O)N2CCCC2)ccc1=O)N1CCN(c2cccc(C(F)(F)F)c2)CC1. The van der Waals surface area contributed by atoms with Crippen LogP contribution in [0.3, 0.4) is 0 Å². The first-order chi connectivity index (χ1) is 16.1. The molecule has 1 aromatic carbocycles. The molecule has 2 aliphatic rings. The Hall–Kier alpha value is -2.86. The molecule has 4 rings (SSSR count). The maximum absolute atomic E-state index is 13.0. The summed E-state index contributed by atoms with van der Waals surface area (Å²) in [5, 5.41) is 0. The van der Waals surface area contributed by atoms with E-state index in [-0.39, 0.29) is 30.4 Å². The molecule has 34 heavy (non-hydrogen) atoms. The zero-order valence-corrected chi connectivity index (χ0v) is 19.2. The van der Waals surface area contributed by atoms with Gasteiger partial charge in [-0.1, -0.05) is 6.07 Å². The van der Waals surface area contributed by atoms with Crippen molar-refractivity contribution < 1.29 is 26.4 Å². The molecule has 2 aromatic rings. The highest BCUT2D eigenvalue weighted by molar-refractivity contribution is 7.89. The number of aromatic nitrogens is 1. The van der Waals surface area contributed by atoms with Gasteiger partial charge < -0.3 is 14.4 Å². The molecule has 3 heterocycles. The van der Waals surface area contributed by atoms with Crippen molar-refractivity contribution in [3.05, 3.63) is 58.5 Å². The molecule has 2 fully saturated rings. The van der Waals surface area contributed by atoms with Crippen molar-refractivity contribution in [3.63, 3.8) is 0 Å². The summed E-state index contributed by atoms with van der Waals surface area (Å²) in [5.74, 6) is -0.360.